The van der Waals surface area contributed by atoms with E-state index in [-0.39, 0.29) is 0 Å². The van der Waals surface area contributed by atoms with Gasteiger partial charge in [0.15, 0.2) is 0 Å². The molecule has 0 atom stereocenters. The summed E-state index contributed by atoms with van der Waals surface area (Å²) >= 11 is 3.61. The lowest BCUT2D eigenvalue weighted by molar-refractivity contribution is 0.527. The van der Waals surface area contributed by atoms with Gasteiger partial charge in [-0.3, -0.25) is 0 Å². The highest BCUT2D eigenvalue weighted by Gasteiger charge is 2.24. The highest BCUT2D eigenvalue weighted by Crippen LogP contribution is 2.32. The van der Waals surface area contributed by atoms with Crippen molar-refractivity contribution in [2.75, 3.05) is 18.5 Å². The van der Waals surface area contributed by atoms with Gasteiger partial charge in [0.2, 0.25) is 0 Å². The summed E-state index contributed by atoms with van der Waals surface area (Å²) in [6.45, 7) is 6.76. The molecule has 0 heterocycles. The zero-order valence-corrected chi connectivity index (χ0v) is 15.2. The molecule has 0 unspecified atom stereocenters. The van der Waals surface area contributed by atoms with Gasteiger partial charge < -0.3 is 10.2 Å². The Kier molecular flexibility index (Phi) is 6.56. The van der Waals surface area contributed by atoms with Gasteiger partial charge in [-0.25, -0.2) is 0 Å². The molecule has 1 saturated carbocycles. The van der Waals surface area contributed by atoms with Crippen LogP contribution >= 0.6 is 15.9 Å². The van der Waals surface area contributed by atoms with Crippen LogP contribution < -0.4 is 10.2 Å². The Morgan fingerprint density at radius 2 is 2.00 bits per heavy atom. The first-order valence-corrected chi connectivity index (χ1v) is 9.10. The highest BCUT2D eigenvalue weighted by atomic mass is 79.9. The molecule has 2 rings (SSSR count). The Balaban J connectivity index is 2.25. The minimum Gasteiger partial charge on any atom is -0.368 e. The maximum absolute atomic E-state index is 3.61. The van der Waals surface area contributed by atoms with Crippen LogP contribution in [0.3, 0.4) is 0 Å². The van der Waals surface area contributed by atoms with Crippen LogP contribution in [0.1, 0.15) is 51.5 Å². The van der Waals surface area contributed by atoms with Gasteiger partial charge in [0.1, 0.15) is 0 Å². The minimum atomic E-state index is 0.737. The summed E-state index contributed by atoms with van der Waals surface area (Å²) in [5.41, 5.74) is 2.84. The van der Waals surface area contributed by atoms with Gasteiger partial charge in [-0.05, 0) is 56.0 Å². The van der Waals surface area contributed by atoms with Crippen LogP contribution in [-0.4, -0.2) is 19.6 Å². The van der Waals surface area contributed by atoms with Gasteiger partial charge >= 0.3 is 0 Å². The van der Waals surface area contributed by atoms with Crippen molar-refractivity contribution in [1.29, 1.82) is 0 Å². The Labute approximate surface area is 138 Å². The summed E-state index contributed by atoms with van der Waals surface area (Å²) in [5.74, 6) is 0.761. The summed E-state index contributed by atoms with van der Waals surface area (Å²) in [5, 5.41) is 3.31. The second-order valence-corrected chi connectivity index (χ2v) is 7.53. The van der Waals surface area contributed by atoms with Gasteiger partial charge in [0.05, 0.1) is 0 Å². The van der Waals surface area contributed by atoms with Crippen molar-refractivity contribution in [3.8, 4) is 0 Å². The molecule has 0 radical (unpaired) electrons. The second kappa shape index (κ2) is 8.19. The van der Waals surface area contributed by atoms with Crippen molar-refractivity contribution in [2.45, 2.75) is 58.5 Å². The minimum absolute atomic E-state index is 0.737. The van der Waals surface area contributed by atoms with E-state index in [4.69, 9.17) is 0 Å². The average molecular weight is 353 g/mol. The molecule has 0 bridgehead atoms. The fraction of sp³-hybridized carbons (Fsp3) is 0.667. The molecule has 0 aliphatic heterocycles. The molecule has 1 N–H and O–H groups in total. The molecule has 0 aromatic heterocycles. The van der Waals surface area contributed by atoms with E-state index >= 15 is 0 Å². The lowest BCUT2D eigenvalue weighted by atomic mass is 10.1. The predicted octanol–water partition coefficient (Wildman–Crippen LogP) is 4.96. The molecule has 0 spiro atoms. The number of benzene rings is 1. The van der Waals surface area contributed by atoms with E-state index in [2.05, 4.69) is 58.2 Å². The molecule has 1 aromatic carbocycles. The number of nitrogens with zero attached hydrogens (tertiary/aromatic N) is 1. The van der Waals surface area contributed by atoms with E-state index < -0.39 is 0 Å². The summed E-state index contributed by atoms with van der Waals surface area (Å²) in [7, 11) is 2.03. The fourth-order valence-electron chi connectivity index (χ4n) is 3.28. The van der Waals surface area contributed by atoms with Crippen molar-refractivity contribution < 1.29 is 0 Å². The Morgan fingerprint density at radius 1 is 1.29 bits per heavy atom. The van der Waals surface area contributed by atoms with E-state index in [1.165, 1.54) is 54.4 Å². The summed E-state index contributed by atoms with van der Waals surface area (Å²) < 4.78 is 1.17. The third-order valence-corrected chi connectivity index (χ3v) is 4.92. The maximum Gasteiger partial charge on any atom is 0.0415 e. The van der Waals surface area contributed by atoms with Gasteiger partial charge in [-0.15, -0.1) is 0 Å². The number of hydrogen-bond donors (Lipinski definition) is 1. The van der Waals surface area contributed by atoms with Crippen LogP contribution in [0.2, 0.25) is 0 Å². The molecule has 1 fully saturated rings. The standard InChI is InChI=1S/C18H29BrN2/c1-14(2)10-11-21(17-6-4-5-7-17)18-9-8-16(19)12-15(18)13-20-3/h8-9,12,14,17,20H,4-7,10-11,13H2,1-3H3. The summed E-state index contributed by atoms with van der Waals surface area (Å²) in [6, 6.07) is 7.49. The topological polar surface area (TPSA) is 15.3 Å². The van der Waals surface area contributed by atoms with Crippen LogP contribution in [-0.2, 0) is 6.54 Å². The molecule has 1 aliphatic rings. The first-order chi connectivity index (χ1) is 10.1. The average Bonchev–Trinajstić information content (AvgIpc) is 2.95. The zero-order valence-electron chi connectivity index (χ0n) is 13.7. The van der Waals surface area contributed by atoms with Gasteiger partial charge in [0.25, 0.3) is 0 Å². The zero-order chi connectivity index (χ0) is 15.2. The smallest absolute Gasteiger partial charge is 0.0415 e. The van der Waals surface area contributed by atoms with Gasteiger partial charge in [0, 0.05) is 29.3 Å². The van der Waals surface area contributed by atoms with Crippen LogP contribution in [0.15, 0.2) is 22.7 Å². The summed E-state index contributed by atoms with van der Waals surface area (Å²) in [4.78, 5) is 2.69. The number of anilines is 1. The monoisotopic (exact) mass is 352 g/mol. The first-order valence-electron chi connectivity index (χ1n) is 8.31. The third kappa shape index (κ3) is 4.72. The van der Waals surface area contributed by atoms with E-state index in [0.717, 1.165) is 18.5 Å². The molecule has 0 amide bonds. The molecule has 21 heavy (non-hydrogen) atoms. The number of hydrogen-bond acceptors (Lipinski definition) is 2. The van der Waals surface area contributed by atoms with Gasteiger partial charge in [-0.2, -0.15) is 0 Å². The highest BCUT2D eigenvalue weighted by molar-refractivity contribution is 9.10. The van der Waals surface area contributed by atoms with Crippen LogP contribution in [0, 0.1) is 5.92 Å². The van der Waals surface area contributed by atoms with Crippen molar-refractivity contribution in [2.24, 2.45) is 5.92 Å². The van der Waals surface area contributed by atoms with Crippen molar-refractivity contribution in [3.05, 3.63) is 28.2 Å². The van der Waals surface area contributed by atoms with Crippen LogP contribution in [0.25, 0.3) is 0 Å². The van der Waals surface area contributed by atoms with Crippen molar-refractivity contribution in [3.63, 3.8) is 0 Å². The van der Waals surface area contributed by atoms with Crippen LogP contribution in [0.5, 0.6) is 0 Å². The molecule has 1 aromatic rings. The van der Waals surface area contributed by atoms with Gasteiger partial charge in [-0.1, -0.05) is 42.6 Å². The van der Waals surface area contributed by atoms with E-state index in [1.807, 2.05) is 7.05 Å². The van der Waals surface area contributed by atoms with Crippen LogP contribution in [0.4, 0.5) is 5.69 Å². The first kappa shape index (κ1) is 16.8. The molecule has 2 nitrogen and oxygen atoms in total. The number of nitrogens with one attached hydrogen (secondary N) is 1. The molecular weight excluding hydrogens is 324 g/mol. The summed E-state index contributed by atoms with van der Waals surface area (Å²) in [6.07, 6.45) is 6.76. The second-order valence-electron chi connectivity index (χ2n) is 6.62. The van der Waals surface area contributed by atoms with E-state index in [1.54, 1.807) is 0 Å². The van der Waals surface area contributed by atoms with Crippen molar-refractivity contribution >= 4 is 21.6 Å². The Bertz CT molecular complexity index is 439. The molecule has 3 heteroatoms. The number of rotatable bonds is 7. The molecule has 118 valence electrons. The normalized spacial score (nSPS) is 15.9. The van der Waals surface area contributed by atoms with E-state index in [9.17, 15) is 0 Å². The third-order valence-electron chi connectivity index (χ3n) is 4.43. The molecule has 1 aliphatic carbocycles. The number of halogens is 1. The molecule has 0 saturated heterocycles. The lowest BCUT2D eigenvalue weighted by Gasteiger charge is -2.33. The SMILES string of the molecule is CNCc1cc(Br)ccc1N(CCC(C)C)C1CCCC1. The largest absolute Gasteiger partial charge is 0.368 e. The van der Waals surface area contributed by atoms with Crippen molar-refractivity contribution in [1.82, 2.24) is 5.32 Å². The Hall–Kier alpha value is -0.540. The predicted molar refractivity (Wildman–Crippen MR) is 96.0 cm³/mol. The quantitative estimate of drug-likeness (QED) is 0.745. The van der Waals surface area contributed by atoms with E-state index in [0.29, 0.717) is 0 Å². The molecular formula is C18H29BrN2. The fourth-order valence-corrected chi connectivity index (χ4v) is 3.69. The maximum atomic E-state index is 3.61. The lowest BCUT2D eigenvalue weighted by Crippen LogP contribution is -2.35. The Morgan fingerprint density at radius 3 is 2.62 bits per heavy atom.